The van der Waals surface area contributed by atoms with Crippen molar-refractivity contribution in [1.29, 1.82) is 5.26 Å². The number of nitrogens with zero attached hydrogens (tertiary/aromatic N) is 1. The maximum Gasteiger partial charge on any atom is 0.0626 e. The molecular formula is C7H11I2N. The highest BCUT2D eigenvalue weighted by Crippen LogP contribution is 2.17. The van der Waals surface area contributed by atoms with Gasteiger partial charge in [-0.15, -0.1) is 0 Å². The van der Waals surface area contributed by atoms with E-state index in [9.17, 15) is 0 Å². The van der Waals surface area contributed by atoms with Gasteiger partial charge < -0.3 is 0 Å². The summed E-state index contributed by atoms with van der Waals surface area (Å²) in [6, 6.07) is 2.15. The molecule has 3 heteroatoms. The first-order chi connectivity index (χ1) is 4.77. The Morgan fingerprint density at radius 3 is 2.40 bits per heavy atom. The maximum absolute atomic E-state index is 8.22. The number of hydrogen-bond donors (Lipinski definition) is 0. The third kappa shape index (κ3) is 8.95. The largest absolute Gasteiger partial charge is 0.198 e. The highest BCUT2D eigenvalue weighted by atomic mass is 127. The van der Waals surface area contributed by atoms with Crippen LogP contribution in [-0.4, -0.2) is 1.93 Å². The molecule has 0 spiro atoms. The van der Waals surface area contributed by atoms with E-state index in [1.54, 1.807) is 0 Å². The van der Waals surface area contributed by atoms with E-state index < -0.39 is 0 Å². The molecule has 0 bridgehead atoms. The average molecular weight is 363 g/mol. The average Bonchev–Trinajstić information content (AvgIpc) is 1.87. The number of nitriles is 1. The van der Waals surface area contributed by atoms with Crippen LogP contribution in [0.2, 0.25) is 0 Å². The third-order valence-electron chi connectivity index (χ3n) is 1.21. The molecule has 0 fully saturated rings. The van der Waals surface area contributed by atoms with E-state index in [-0.39, 0.29) is 0 Å². The van der Waals surface area contributed by atoms with Crippen LogP contribution in [-0.2, 0) is 0 Å². The molecule has 0 aliphatic rings. The number of unbranched alkanes of at least 4 members (excludes halogenated alkanes) is 3. The van der Waals surface area contributed by atoms with Crippen molar-refractivity contribution >= 4 is 45.2 Å². The minimum Gasteiger partial charge on any atom is -0.198 e. The Morgan fingerprint density at radius 2 is 1.90 bits per heavy atom. The van der Waals surface area contributed by atoms with Crippen LogP contribution < -0.4 is 0 Å². The van der Waals surface area contributed by atoms with Gasteiger partial charge in [0.05, 0.1) is 8.00 Å². The second-order valence-electron chi connectivity index (χ2n) is 2.15. The highest BCUT2D eigenvalue weighted by molar-refractivity contribution is 14.2. The maximum atomic E-state index is 8.22. The van der Waals surface area contributed by atoms with Crippen LogP contribution in [0.25, 0.3) is 0 Å². The van der Waals surface area contributed by atoms with Gasteiger partial charge in [0.1, 0.15) is 0 Å². The molecule has 0 saturated heterocycles. The molecule has 0 saturated carbocycles. The minimum absolute atomic E-state index is 0.729. The number of alkyl halides is 2. The topological polar surface area (TPSA) is 23.8 Å². The van der Waals surface area contributed by atoms with Gasteiger partial charge in [0, 0.05) is 6.42 Å². The van der Waals surface area contributed by atoms with Gasteiger partial charge in [-0.3, -0.25) is 0 Å². The van der Waals surface area contributed by atoms with E-state index in [2.05, 4.69) is 51.3 Å². The van der Waals surface area contributed by atoms with Crippen molar-refractivity contribution in [3.63, 3.8) is 0 Å². The Kier molecular flexibility index (Phi) is 8.82. The van der Waals surface area contributed by atoms with Crippen molar-refractivity contribution in [2.45, 2.75) is 34.0 Å². The first kappa shape index (κ1) is 11.0. The Balaban J connectivity index is 2.86. The molecule has 0 aromatic carbocycles. The lowest BCUT2D eigenvalue weighted by Crippen LogP contribution is -1.84. The lowest BCUT2D eigenvalue weighted by molar-refractivity contribution is 0.681. The molecular weight excluding hydrogens is 352 g/mol. The van der Waals surface area contributed by atoms with E-state index in [4.69, 9.17) is 5.26 Å². The summed E-state index contributed by atoms with van der Waals surface area (Å²) in [5, 5.41) is 8.22. The molecule has 0 aromatic heterocycles. The predicted molar refractivity (Wildman–Crippen MR) is 60.5 cm³/mol. The van der Waals surface area contributed by atoms with Crippen LogP contribution in [0.4, 0.5) is 0 Å². The van der Waals surface area contributed by atoms with Crippen molar-refractivity contribution in [2.24, 2.45) is 0 Å². The molecule has 10 heavy (non-hydrogen) atoms. The third-order valence-corrected chi connectivity index (χ3v) is 2.46. The minimum atomic E-state index is 0.729. The summed E-state index contributed by atoms with van der Waals surface area (Å²) in [7, 11) is 0. The van der Waals surface area contributed by atoms with Gasteiger partial charge in [0.25, 0.3) is 0 Å². The molecule has 0 atom stereocenters. The standard InChI is InChI=1S/C7H11I2N/c8-7(9)5-3-1-2-4-6-10/h7H,1-5H2. The fourth-order valence-corrected chi connectivity index (χ4v) is 1.56. The van der Waals surface area contributed by atoms with Crippen LogP contribution >= 0.6 is 45.2 Å². The summed E-state index contributed by atoms with van der Waals surface area (Å²) in [5.41, 5.74) is 0. The Bertz CT molecular complexity index is 107. The van der Waals surface area contributed by atoms with E-state index in [1.165, 1.54) is 19.3 Å². The monoisotopic (exact) mass is 363 g/mol. The van der Waals surface area contributed by atoms with E-state index in [1.807, 2.05) is 0 Å². The quantitative estimate of drug-likeness (QED) is 0.416. The summed E-state index contributed by atoms with van der Waals surface area (Å²) in [6.45, 7) is 0. The van der Waals surface area contributed by atoms with Crippen molar-refractivity contribution in [3.8, 4) is 6.07 Å². The fraction of sp³-hybridized carbons (Fsp3) is 0.857. The molecule has 0 aliphatic heterocycles. The summed E-state index contributed by atoms with van der Waals surface area (Å²) in [4.78, 5) is 0. The molecule has 0 heterocycles. The molecule has 0 amide bonds. The number of halogens is 2. The zero-order valence-corrected chi connectivity index (χ0v) is 10.1. The molecule has 0 aliphatic carbocycles. The van der Waals surface area contributed by atoms with E-state index in [0.717, 1.165) is 14.8 Å². The van der Waals surface area contributed by atoms with Crippen molar-refractivity contribution in [3.05, 3.63) is 0 Å². The van der Waals surface area contributed by atoms with Gasteiger partial charge >= 0.3 is 0 Å². The van der Waals surface area contributed by atoms with Crippen LogP contribution in [0.5, 0.6) is 0 Å². The van der Waals surface area contributed by atoms with Crippen LogP contribution in [0.3, 0.4) is 0 Å². The second-order valence-corrected chi connectivity index (χ2v) is 7.54. The van der Waals surface area contributed by atoms with Crippen LogP contribution in [0.15, 0.2) is 0 Å². The molecule has 0 N–H and O–H groups in total. The summed E-state index contributed by atoms with van der Waals surface area (Å²) in [5.74, 6) is 0. The van der Waals surface area contributed by atoms with Gasteiger partial charge in [-0.05, 0) is 12.8 Å². The molecule has 0 radical (unpaired) electrons. The van der Waals surface area contributed by atoms with Gasteiger partial charge in [0.2, 0.25) is 0 Å². The van der Waals surface area contributed by atoms with Gasteiger partial charge in [-0.25, -0.2) is 0 Å². The second kappa shape index (κ2) is 8.05. The molecule has 0 aromatic rings. The van der Waals surface area contributed by atoms with Crippen LogP contribution in [0, 0.1) is 11.3 Å². The summed E-state index contributed by atoms with van der Waals surface area (Å²) < 4.78 is 0.761. The molecule has 58 valence electrons. The van der Waals surface area contributed by atoms with E-state index >= 15 is 0 Å². The molecule has 0 unspecified atom stereocenters. The zero-order chi connectivity index (χ0) is 7.82. The van der Waals surface area contributed by atoms with Crippen molar-refractivity contribution < 1.29 is 0 Å². The summed E-state index contributed by atoms with van der Waals surface area (Å²) in [6.07, 6.45) is 5.59. The SMILES string of the molecule is N#CCCCCCC(I)I. The van der Waals surface area contributed by atoms with E-state index in [0.29, 0.717) is 0 Å². The lowest BCUT2D eigenvalue weighted by atomic mass is 10.2. The normalized spacial score (nSPS) is 9.80. The first-order valence-corrected chi connectivity index (χ1v) is 5.91. The number of rotatable bonds is 5. The smallest absolute Gasteiger partial charge is 0.0626 e. The Labute approximate surface area is 89.8 Å². The molecule has 1 nitrogen and oxygen atoms in total. The Morgan fingerprint density at radius 1 is 1.20 bits per heavy atom. The highest BCUT2D eigenvalue weighted by Gasteiger charge is 1.95. The van der Waals surface area contributed by atoms with Gasteiger partial charge in [-0.2, -0.15) is 5.26 Å². The predicted octanol–water partition coefficient (Wildman–Crippen LogP) is 3.66. The number of hydrogen-bond acceptors (Lipinski definition) is 1. The zero-order valence-electron chi connectivity index (χ0n) is 5.82. The fourth-order valence-electron chi connectivity index (χ4n) is 0.679. The lowest BCUT2D eigenvalue weighted by Gasteiger charge is -1.98. The van der Waals surface area contributed by atoms with Crippen LogP contribution in [0.1, 0.15) is 32.1 Å². The summed E-state index contributed by atoms with van der Waals surface area (Å²) >= 11 is 4.85. The van der Waals surface area contributed by atoms with Crippen molar-refractivity contribution in [2.75, 3.05) is 0 Å². The molecule has 0 rings (SSSR count). The first-order valence-electron chi connectivity index (χ1n) is 3.42. The van der Waals surface area contributed by atoms with Gasteiger partial charge in [0.15, 0.2) is 0 Å². The Hall–Kier alpha value is 0.950. The van der Waals surface area contributed by atoms with Gasteiger partial charge in [-0.1, -0.05) is 58.0 Å². The van der Waals surface area contributed by atoms with Crippen molar-refractivity contribution in [1.82, 2.24) is 0 Å².